The van der Waals surface area contributed by atoms with Gasteiger partial charge in [0.05, 0.1) is 19.4 Å². The largest absolute Gasteiger partial charge is 0.490 e. The molecule has 0 aliphatic heterocycles. The molecular formula is C12H18N2O2. The summed E-state index contributed by atoms with van der Waals surface area (Å²) < 4.78 is 11.1. The second-order valence-corrected chi connectivity index (χ2v) is 3.27. The summed E-state index contributed by atoms with van der Waals surface area (Å²) in [5.74, 6) is 6.59. The molecule has 1 aromatic rings. The highest BCUT2D eigenvalue weighted by molar-refractivity contribution is 5.80. The van der Waals surface area contributed by atoms with Gasteiger partial charge < -0.3 is 15.3 Å². The third kappa shape index (κ3) is 3.46. The first-order valence-corrected chi connectivity index (χ1v) is 5.44. The molecule has 1 rings (SSSR count). The summed E-state index contributed by atoms with van der Waals surface area (Å²) in [5, 5.41) is 3.48. The average Bonchev–Trinajstić information content (AvgIpc) is 2.29. The Morgan fingerprint density at radius 3 is 2.69 bits per heavy atom. The molecule has 0 spiro atoms. The maximum Gasteiger partial charge on any atom is 0.161 e. The molecule has 0 unspecified atom stereocenters. The van der Waals surface area contributed by atoms with E-state index in [2.05, 4.69) is 12.0 Å². The van der Waals surface area contributed by atoms with Gasteiger partial charge >= 0.3 is 0 Å². The Kier molecular flexibility index (Phi) is 5.19. The Morgan fingerprint density at radius 1 is 1.25 bits per heavy atom. The van der Waals surface area contributed by atoms with Crippen LogP contribution in [0.25, 0.3) is 0 Å². The van der Waals surface area contributed by atoms with Crippen molar-refractivity contribution in [3.63, 3.8) is 0 Å². The summed E-state index contributed by atoms with van der Waals surface area (Å²) in [7, 11) is 0. The number of ether oxygens (including phenoxy) is 2. The summed E-state index contributed by atoms with van der Waals surface area (Å²) in [6.07, 6.45) is 2.55. The molecule has 4 heteroatoms. The first-order valence-electron chi connectivity index (χ1n) is 5.44. The average molecular weight is 222 g/mol. The van der Waals surface area contributed by atoms with Crippen LogP contribution < -0.4 is 15.3 Å². The Labute approximate surface area is 96.1 Å². The van der Waals surface area contributed by atoms with E-state index in [-0.39, 0.29) is 0 Å². The predicted molar refractivity (Wildman–Crippen MR) is 65.2 cm³/mol. The smallest absolute Gasteiger partial charge is 0.161 e. The van der Waals surface area contributed by atoms with Gasteiger partial charge in [-0.2, -0.15) is 5.10 Å². The highest BCUT2D eigenvalue weighted by Gasteiger charge is 2.05. The van der Waals surface area contributed by atoms with Crippen LogP contribution in [0.2, 0.25) is 0 Å². The molecule has 4 nitrogen and oxygen atoms in total. The summed E-state index contributed by atoms with van der Waals surface area (Å²) in [4.78, 5) is 0. The van der Waals surface area contributed by atoms with Gasteiger partial charge in [0.25, 0.3) is 0 Å². The number of hydrazone groups is 1. The molecule has 0 bridgehead atoms. The standard InChI is InChI=1S/C12H18N2O2/c1-3-7-16-11-6-5-10(9-14-13)8-12(11)15-4-2/h5-6,8-9H,3-4,7,13H2,1-2H3. The molecule has 0 radical (unpaired) electrons. The van der Waals surface area contributed by atoms with Gasteiger partial charge in [-0.05, 0) is 37.1 Å². The zero-order chi connectivity index (χ0) is 11.8. The highest BCUT2D eigenvalue weighted by Crippen LogP contribution is 2.28. The van der Waals surface area contributed by atoms with Gasteiger partial charge in [0.1, 0.15) is 0 Å². The fourth-order valence-corrected chi connectivity index (χ4v) is 1.29. The Bertz CT molecular complexity index is 351. The molecule has 16 heavy (non-hydrogen) atoms. The minimum atomic E-state index is 0.603. The molecule has 0 aromatic heterocycles. The lowest BCUT2D eigenvalue weighted by atomic mass is 10.2. The van der Waals surface area contributed by atoms with Gasteiger partial charge in [0, 0.05) is 0 Å². The van der Waals surface area contributed by atoms with Crippen LogP contribution in [0.5, 0.6) is 11.5 Å². The maximum absolute atomic E-state index is 5.57. The molecule has 0 saturated heterocycles. The Balaban J connectivity index is 2.89. The van der Waals surface area contributed by atoms with E-state index in [1.165, 1.54) is 0 Å². The normalized spacial score (nSPS) is 10.6. The topological polar surface area (TPSA) is 56.8 Å². The van der Waals surface area contributed by atoms with Crippen LogP contribution in [-0.4, -0.2) is 19.4 Å². The molecule has 0 fully saturated rings. The second-order valence-electron chi connectivity index (χ2n) is 3.27. The second kappa shape index (κ2) is 6.71. The number of nitrogens with zero attached hydrogens (tertiary/aromatic N) is 1. The van der Waals surface area contributed by atoms with E-state index < -0.39 is 0 Å². The maximum atomic E-state index is 5.57. The van der Waals surface area contributed by atoms with Crippen LogP contribution >= 0.6 is 0 Å². The van der Waals surface area contributed by atoms with E-state index in [0.29, 0.717) is 13.2 Å². The lowest BCUT2D eigenvalue weighted by Gasteiger charge is -2.11. The van der Waals surface area contributed by atoms with E-state index in [1.54, 1.807) is 6.21 Å². The molecule has 0 saturated carbocycles. The molecule has 2 N–H and O–H groups in total. The van der Waals surface area contributed by atoms with Gasteiger partial charge in [-0.15, -0.1) is 0 Å². The van der Waals surface area contributed by atoms with Crippen molar-refractivity contribution < 1.29 is 9.47 Å². The van der Waals surface area contributed by atoms with Gasteiger partial charge in [0.2, 0.25) is 0 Å². The lowest BCUT2D eigenvalue weighted by Crippen LogP contribution is -2.00. The number of hydrogen-bond donors (Lipinski definition) is 1. The van der Waals surface area contributed by atoms with Crippen molar-refractivity contribution >= 4 is 6.21 Å². The van der Waals surface area contributed by atoms with Crippen LogP contribution in [0.3, 0.4) is 0 Å². The fraction of sp³-hybridized carbons (Fsp3) is 0.417. The van der Waals surface area contributed by atoms with Crippen LogP contribution in [0, 0.1) is 0 Å². The zero-order valence-corrected chi connectivity index (χ0v) is 9.77. The van der Waals surface area contributed by atoms with Gasteiger partial charge in [-0.3, -0.25) is 0 Å². The van der Waals surface area contributed by atoms with E-state index in [1.807, 2.05) is 25.1 Å². The van der Waals surface area contributed by atoms with Gasteiger partial charge in [0.15, 0.2) is 11.5 Å². The predicted octanol–water partition coefficient (Wildman–Crippen LogP) is 2.17. The molecule has 1 aromatic carbocycles. The van der Waals surface area contributed by atoms with Crippen molar-refractivity contribution in [1.82, 2.24) is 0 Å². The van der Waals surface area contributed by atoms with E-state index >= 15 is 0 Å². The Hall–Kier alpha value is -1.71. The van der Waals surface area contributed by atoms with Gasteiger partial charge in [-0.1, -0.05) is 6.92 Å². The third-order valence-corrected chi connectivity index (χ3v) is 1.95. The van der Waals surface area contributed by atoms with Crippen molar-refractivity contribution in [2.24, 2.45) is 10.9 Å². The number of benzene rings is 1. The molecule has 0 aliphatic carbocycles. The third-order valence-electron chi connectivity index (χ3n) is 1.95. The summed E-state index contributed by atoms with van der Waals surface area (Å²) in [5.41, 5.74) is 0.898. The Morgan fingerprint density at radius 2 is 2.06 bits per heavy atom. The molecule has 0 amide bonds. The van der Waals surface area contributed by atoms with Crippen molar-refractivity contribution in [2.75, 3.05) is 13.2 Å². The minimum Gasteiger partial charge on any atom is -0.490 e. The number of hydrogen-bond acceptors (Lipinski definition) is 4. The SMILES string of the molecule is CCCOc1ccc(C=NN)cc1OCC. The number of nitrogens with two attached hydrogens (primary N) is 1. The van der Waals surface area contributed by atoms with Crippen LogP contribution in [-0.2, 0) is 0 Å². The van der Waals surface area contributed by atoms with E-state index in [4.69, 9.17) is 15.3 Å². The molecule has 0 atom stereocenters. The monoisotopic (exact) mass is 222 g/mol. The van der Waals surface area contributed by atoms with Crippen molar-refractivity contribution in [1.29, 1.82) is 0 Å². The van der Waals surface area contributed by atoms with E-state index in [0.717, 1.165) is 23.5 Å². The summed E-state index contributed by atoms with van der Waals surface area (Å²) in [6.45, 7) is 5.29. The van der Waals surface area contributed by atoms with Crippen LogP contribution in [0.4, 0.5) is 0 Å². The van der Waals surface area contributed by atoms with Crippen LogP contribution in [0.15, 0.2) is 23.3 Å². The molecular weight excluding hydrogens is 204 g/mol. The summed E-state index contributed by atoms with van der Waals surface area (Å²) >= 11 is 0. The van der Waals surface area contributed by atoms with Crippen molar-refractivity contribution in [3.8, 4) is 11.5 Å². The first kappa shape index (κ1) is 12.4. The zero-order valence-electron chi connectivity index (χ0n) is 9.77. The van der Waals surface area contributed by atoms with Crippen molar-refractivity contribution in [3.05, 3.63) is 23.8 Å². The van der Waals surface area contributed by atoms with E-state index in [9.17, 15) is 0 Å². The molecule has 88 valence electrons. The molecule has 0 heterocycles. The quantitative estimate of drug-likeness (QED) is 0.456. The first-order chi connectivity index (χ1) is 7.81. The van der Waals surface area contributed by atoms with Crippen LogP contribution in [0.1, 0.15) is 25.8 Å². The fourth-order valence-electron chi connectivity index (χ4n) is 1.29. The lowest BCUT2D eigenvalue weighted by molar-refractivity contribution is 0.277. The minimum absolute atomic E-state index is 0.603. The summed E-state index contributed by atoms with van der Waals surface area (Å²) in [6, 6.07) is 5.63. The number of rotatable bonds is 6. The van der Waals surface area contributed by atoms with Gasteiger partial charge in [-0.25, -0.2) is 0 Å². The highest BCUT2D eigenvalue weighted by atomic mass is 16.5. The van der Waals surface area contributed by atoms with Crippen molar-refractivity contribution in [2.45, 2.75) is 20.3 Å². The molecule has 0 aliphatic rings.